The van der Waals surface area contributed by atoms with Crippen LogP contribution in [0.3, 0.4) is 0 Å². The van der Waals surface area contributed by atoms with Gasteiger partial charge in [-0.15, -0.1) is 11.3 Å². The van der Waals surface area contributed by atoms with Gasteiger partial charge in [-0.2, -0.15) is 0 Å². The maximum atomic E-state index is 4.70. The third kappa shape index (κ3) is 4.83. The molecule has 0 amide bonds. The number of aromatic nitrogens is 2. The maximum Gasteiger partial charge on any atom is 0.142 e. The Labute approximate surface area is 143 Å². The van der Waals surface area contributed by atoms with E-state index in [-0.39, 0.29) is 0 Å². The summed E-state index contributed by atoms with van der Waals surface area (Å²) >= 11 is 1.68. The van der Waals surface area contributed by atoms with Crippen molar-refractivity contribution in [1.29, 1.82) is 0 Å². The predicted octanol–water partition coefficient (Wildman–Crippen LogP) is 3.56. The Morgan fingerprint density at radius 3 is 2.91 bits per heavy atom. The largest absolute Gasteiger partial charge is 0.308 e. The minimum Gasteiger partial charge on any atom is -0.308 e. The van der Waals surface area contributed by atoms with Crippen molar-refractivity contribution in [3.05, 3.63) is 35.5 Å². The standard InChI is InChI=1S/C18H26N4S/c1-2-3-10-22-11-7-15(8-12-22)20-13-16-14-23-18(21-16)17-6-4-5-9-19-17/h4-6,9,14-15,20H,2-3,7-8,10-13H2,1H3. The highest BCUT2D eigenvalue weighted by Gasteiger charge is 2.18. The van der Waals surface area contributed by atoms with Crippen molar-refractivity contribution >= 4 is 11.3 Å². The van der Waals surface area contributed by atoms with E-state index in [9.17, 15) is 0 Å². The first-order valence-electron chi connectivity index (χ1n) is 8.66. The Morgan fingerprint density at radius 2 is 2.17 bits per heavy atom. The van der Waals surface area contributed by atoms with Crippen LogP contribution in [-0.4, -0.2) is 40.5 Å². The van der Waals surface area contributed by atoms with E-state index in [1.165, 1.54) is 45.3 Å². The molecule has 5 heteroatoms. The number of likely N-dealkylation sites (tertiary alicyclic amines) is 1. The fraction of sp³-hybridized carbons (Fsp3) is 0.556. The van der Waals surface area contributed by atoms with Crippen LogP contribution in [-0.2, 0) is 6.54 Å². The van der Waals surface area contributed by atoms with E-state index in [4.69, 9.17) is 4.98 Å². The molecule has 1 aliphatic heterocycles. The van der Waals surface area contributed by atoms with Crippen LogP contribution in [0.2, 0.25) is 0 Å². The minimum absolute atomic E-state index is 0.632. The lowest BCUT2D eigenvalue weighted by molar-refractivity contribution is 0.195. The number of nitrogens with one attached hydrogen (secondary N) is 1. The molecular weight excluding hydrogens is 304 g/mol. The molecule has 0 radical (unpaired) electrons. The molecule has 23 heavy (non-hydrogen) atoms. The predicted molar refractivity (Wildman–Crippen MR) is 96.6 cm³/mol. The van der Waals surface area contributed by atoms with Gasteiger partial charge < -0.3 is 10.2 Å². The average molecular weight is 331 g/mol. The van der Waals surface area contributed by atoms with Crippen LogP contribution in [0.5, 0.6) is 0 Å². The molecule has 4 nitrogen and oxygen atoms in total. The summed E-state index contributed by atoms with van der Waals surface area (Å²) in [7, 11) is 0. The summed E-state index contributed by atoms with van der Waals surface area (Å²) in [5.74, 6) is 0. The summed E-state index contributed by atoms with van der Waals surface area (Å²) < 4.78 is 0. The second-order valence-corrected chi connectivity index (χ2v) is 7.07. The lowest BCUT2D eigenvalue weighted by Crippen LogP contribution is -2.42. The molecule has 0 unspecified atom stereocenters. The molecule has 1 fully saturated rings. The monoisotopic (exact) mass is 330 g/mol. The van der Waals surface area contributed by atoms with Crippen molar-refractivity contribution in [3.63, 3.8) is 0 Å². The molecule has 0 bridgehead atoms. The van der Waals surface area contributed by atoms with Crippen molar-refractivity contribution in [2.75, 3.05) is 19.6 Å². The summed E-state index contributed by atoms with van der Waals surface area (Å²) in [5, 5.41) is 6.83. The van der Waals surface area contributed by atoms with Gasteiger partial charge in [-0.3, -0.25) is 4.98 Å². The van der Waals surface area contributed by atoms with Crippen LogP contribution in [0.25, 0.3) is 10.7 Å². The molecule has 1 aliphatic rings. The fourth-order valence-corrected chi connectivity index (χ4v) is 3.78. The second-order valence-electron chi connectivity index (χ2n) is 6.21. The van der Waals surface area contributed by atoms with Crippen LogP contribution in [0.4, 0.5) is 0 Å². The second kappa shape index (κ2) is 8.52. The van der Waals surface area contributed by atoms with Crippen LogP contribution in [0.1, 0.15) is 38.3 Å². The molecule has 3 rings (SSSR count). The van der Waals surface area contributed by atoms with Crippen LogP contribution in [0, 0.1) is 0 Å². The first-order chi connectivity index (χ1) is 11.3. The molecular formula is C18H26N4S. The van der Waals surface area contributed by atoms with Gasteiger partial charge in [0.25, 0.3) is 0 Å². The number of rotatable bonds is 7. The molecule has 0 saturated carbocycles. The van der Waals surface area contributed by atoms with Gasteiger partial charge in [0.15, 0.2) is 0 Å². The first-order valence-corrected chi connectivity index (χ1v) is 9.54. The van der Waals surface area contributed by atoms with Crippen molar-refractivity contribution in [2.45, 2.75) is 45.2 Å². The summed E-state index contributed by atoms with van der Waals surface area (Å²) in [4.78, 5) is 11.7. The van der Waals surface area contributed by atoms with E-state index in [1.54, 1.807) is 11.3 Å². The summed E-state index contributed by atoms with van der Waals surface area (Å²) in [5.41, 5.74) is 2.09. The van der Waals surface area contributed by atoms with Gasteiger partial charge in [0.2, 0.25) is 0 Å². The number of pyridine rings is 1. The van der Waals surface area contributed by atoms with Crippen LogP contribution >= 0.6 is 11.3 Å². The zero-order valence-electron chi connectivity index (χ0n) is 13.9. The lowest BCUT2D eigenvalue weighted by atomic mass is 10.0. The van der Waals surface area contributed by atoms with Gasteiger partial charge in [0, 0.05) is 24.2 Å². The summed E-state index contributed by atoms with van der Waals surface area (Å²) in [6, 6.07) is 6.59. The number of hydrogen-bond acceptors (Lipinski definition) is 5. The van der Waals surface area contributed by atoms with Crippen LogP contribution in [0.15, 0.2) is 29.8 Å². The Hall–Kier alpha value is -1.30. The highest BCUT2D eigenvalue weighted by molar-refractivity contribution is 7.13. The van der Waals surface area contributed by atoms with Gasteiger partial charge in [0.1, 0.15) is 5.01 Å². The molecule has 0 aromatic carbocycles. The highest BCUT2D eigenvalue weighted by Crippen LogP contribution is 2.21. The van der Waals surface area contributed by atoms with Gasteiger partial charge >= 0.3 is 0 Å². The number of hydrogen-bond donors (Lipinski definition) is 1. The third-order valence-electron chi connectivity index (χ3n) is 4.42. The van der Waals surface area contributed by atoms with E-state index < -0.39 is 0 Å². The number of nitrogens with zero attached hydrogens (tertiary/aromatic N) is 3. The van der Waals surface area contributed by atoms with Crippen molar-refractivity contribution in [1.82, 2.24) is 20.2 Å². The Bertz CT molecular complexity index is 576. The smallest absolute Gasteiger partial charge is 0.142 e. The molecule has 0 aliphatic carbocycles. The van der Waals surface area contributed by atoms with Gasteiger partial charge in [0.05, 0.1) is 11.4 Å². The van der Waals surface area contributed by atoms with Crippen LogP contribution < -0.4 is 5.32 Å². The molecule has 3 heterocycles. The average Bonchev–Trinajstić information content (AvgIpc) is 3.09. The first kappa shape index (κ1) is 16.6. The minimum atomic E-state index is 0.632. The SMILES string of the molecule is CCCCN1CCC(NCc2csc(-c3ccccn3)n2)CC1. The van der Waals surface area contributed by atoms with E-state index in [0.29, 0.717) is 6.04 Å². The topological polar surface area (TPSA) is 41.0 Å². The summed E-state index contributed by atoms with van der Waals surface area (Å²) in [6.45, 7) is 6.86. The van der Waals surface area contributed by atoms with Crippen molar-refractivity contribution < 1.29 is 0 Å². The number of thiazole rings is 1. The van der Waals surface area contributed by atoms with Gasteiger partial charge in [-0.05, 0) is 51.0 Å². The van der Waals surface area contributed by atoms with E-state index in [1.807, 2.05) is 24.4 Å². The molecule has 1 N–H and O–H groups in total. The van der Waals surface area contributed by atoms with E-state index in [2.05, 4.69) is 27.5 Å². The maximum absolute atomic E-state index is 4.70. The molecule has 1 saturated heterocycles. The zero-order valence-corrected chi connectivity index (χ0v) is 14.7. The molecule has 0 atom stereocenters. The van der Waals surface area contributed by atoms with E-state index >= 15 is 0 Å². The zero-order chi connectivity index (χ0) is 15.9. The Balaban J connectivity index is 1.44. The van der Waals surface area contributed by atoms with E-state index in [0.717, 1.165) is 22.9 Å². The van der Waals surface area contributed by atoms with Crippen molar-refractivity contribution in [2.24, 2.45) is 0 Å². The normalized spacial score (nSPS) is 16.7. The van der Waals surface area contributed by atoms with Gasteiger partial charge in [-0.1, -0.05) is 19.4 Å². The molecule has 2 aromatic rings. The molecule has 0 spiro atoms. The quantitative estimate of drug-likeness (QED) is 0.843. The molecule has 2 aromatic heterocycles. The third-order valence-corrected chi connectivity index (χ3v) is 5.34. The number of piperidine rings is 1. The summed E-state index contributed by atoms with van der Waals surface area (Å²) in [6.07, 6.45) is 6.94. The Morgan fingerprint density at radius 1 is 1.30 bits per heavy atom. The Kier molecular flexibility index (Phi) is 6.13. The molecule has 124 valence electrons. The number of unbranched alkanes of at least 4 members (excludes halogenated alkanes) is 1. The lowest BCUT2D eigenvalue weighted by Gasteiger charge is -2.32. The highest BCUT2D eigenvalue weighted by atomic mass is 32.1. The fourth-order valence-electron chi connectivity index (χ4n) is 2.99. The van der Waals surface area contributed by atoms with Crippen molar-refractivity contribution in [3.8, 4) is 10.7 Å². The van der Waals surface area contributed by atoms with Gasteiger partial charge in [-0.25, -0.2) is 4.98 Å².